The second-order valence-electron chi connectivity index (χ2n) is 3.94. The van der Waals surface area contributed by atoms with Crippen LogP contribution in [-0.4, -0.2) is 29.7 Å². The van der Waals surface area contributed by atoms with Crippen LogP contribution in [0.5, 0.6) is 0 Å². The summed E-state index contributed by atoms with van der Waals surface area (Å²) < 4.78 is 5.16. The van der Waals surface area contributed by atoms with Crippen LogP contribution in [0.2, 0.25) is 0 Å². The summed E-state index contributed by atoms with van der Waals surface area (Å²) in [7, 11) is 0. The van der Waals surface area contributed by atoms with Crippen LogP contribution in [0.4, 0.5) is 0 Å². The molecule has 0 spiro atoms. The number of aliphatic hydroxyl groups excluding tert-OH is 1. The van der Waals surface area contributed by atoms with E-state index in [1.54, 1.807) is 0 Å². The number of ether oxygens (including phenoxy) is 1. The highest BCUT2D eigenvalue weighted by Gasteiger charge is 2.20. The smallest absolute Gasteiger partial charge is 0.0611 e. The third-order valence-electron chi connectivity index (χ3n) is 2.39. The highest BCUT2D eigenvalue weighted by atomic mass is 32.2. The second kappa shape index (κ2) is 5.01. The summed E-state index contributed by atoms with van der Waals surface area (Å²) in [5.41, 5.74) is 1.24. The predicted octanol–water partition coefficient (Wildman–Crippen LogP) is 2.10. The summed E-state index contributed by atoms with van der Waals surface area (Å²) in [5.74, 6) is 0. The zero-order valence-corrected chi connectivity index (χ0v) is 9.67. The number of benzene rings is 1. The number of hydrogen-bond acceptors (Lipinski definition) is 3. The van der Waals surface area contributed by atoms with E-state index in [1.807, 2.05) is 30.8 Å². The molecule has 1 unspecified atom stereocenters. The normalized spacial score (nSPS) is 18.5. The number of rotatable bonds is 4. The molecule has 3 heteroatoms. The molecule has 2 nitrogen and oxygen atoms in total. The van der Waals surface area contributed by atoms with E-state index in [1.165, 1.54) is 10.5 Å². The molecule has 0 saturated carbocycles. The van der Waals surface area contributed by atoms with E-state index in [2.05, 4.69) is 12.1 Å². The lowest BCUT2D eigenvalue weighted by Crippen LogP contribution is -2.30. The van der Waals surface area contributed by atoms with Gasteiger partial charge in [0.05, 0.1) is 24.6 Å². The minimum Gasteiger partial charge on any atom is -0.393 e. The van der Waals surface area contributed by atoms with E-state index in [0.29, 0.717) is 5.25 Å². The van der Waals surface area contributed by atoms with Crippen LogP contribution in [-0.2, 0) is 11.2 Å². The molecule has 0 aromatic heterocycles. The molecule has 1 heterocycles. The van der Waals surface area contributed by atoms with Gasteiger partial charge in [-0.25, -0.2) is 0 Å². The lowest BCUT2D eigenvalue weighted by atomic mass is 10.1. The summed E-state index contributed by atoms with van der Waals surface area (Å²) in [6, 6.07) is 8.29. The van der Waals surface area contributed by atoms with Gasteiger partial charge in [-0.05, 0) is 25.0 Å². The van der Waals surface area contributed by atoms with Crippen LogP contribution in [0.15, 0.2) is 29.2 Å². The molecule has 0 aliphatic carbocycles. The highest BCUT2D eigenvalue weighted by molar-refractivity contribution is 8.00. The van der Waals surface area contributed by atoms with Gasteiger partial charge in [-0.2, -0.15) is 0 Å². The molecule has 0 bridgehead atoms. The summed E-state index contributed by atoms with van der Waals surface area (Å²) in [6.45, 7) is 3.54. The first-order valence-electron chi connectivity index (χ1n) is 5.26. The van der Waals surface area contributed by atoms with E-state index in [9.17, 15) is 5.11 Å². The van der Waals surface area contributed by atoms with Gasteiger partial charge in [0.15, 0.2) is 0 Å². The molecule has 1 saturated heterocycles. The maximum absolute atomic E-state index is 9.40. The Morgan fingerprint density at radius 3 is 2.80 bits per heavy atom. The molecule has 1 aromatic rings. The molecule has 0 radical (unpaired) electrons. The Kier molecular flexibility index (Phi) is 3.67. The molecule has 1 aliphatic rings. The van der Waals surface area contributed by atoms with E-state index >= 15 is 0 Å². The summed E-state index contributed by atoms with van der Waals surface area (Å²) in [4.78, 5) is 1.28. The maximum atomic E-state index is 9.40. The molecule has 2 rings (SSSR count). The highest BCUT2D eigenvalue weighted by Crippen LogP contribution is 2.31. The summed E-state index contributed by atoms with van der Waals surface area (Å²) >= 11 is 1.86. The maximum Gasteiger partial charge on any atom is 0.0611 e. The zero-order valence-electron chi connectivity index (χ0n) is 8.85. The van der Waals surface area contributed by atoms with Crippen molar-refractivity contribution < 1.29 is 9.84 Å². The first-order valence-corrected chi connectivity index (χ1v) is 6.14. The van der Waals surface area contributed by atoms with Gasteiger partial charge in [0.25, 0.3) is 0 Å². The SMILES string of the molecule is CC(O)Cc1ccccc1SC1COC1. The fourth-order valence-electron chi connectivity index (χ4n) is 1.57. The Balaban J connectivity index is 2.06. The molecule has 1 fully saturated rings. The van der Waals surface area contributed by atoms with Gasteiger partial charge in [-0.3, -0.25) is 0 Å². The van der Waals surface area contributed by atoms with Crippen molar-refractivity contribution >= 4 is 11.8 Å². The Bertz CT molecular complexity index is 321. The lowest BCUT2D eigenvalue weighted by Gasteiger charge is -2.26. The van der Waals surface area contributed by atoms with Crippen molar-refractivity contribution in [2.45, 2.75) is 29.6 Å². The van der Waals surface area contributed by atoms with Crippen molar-refractivity contribution in [1.29, 1.82) is 0 Å². The first-order chi connectivity index (χ1) is 7.25. The average Bonchev–Trinajstić information content (AvgIpc) is 2.13. The van der Waals surface area contributed by atoms with E-state index in [-0.39, 0.29) is 6.10 Å². The largest absolute Gasteiger partial charge is 0.393 e. The van der Waals surface area contributed by atoms with Crippen molar-refractivity contribution in [3.63, 3.8) is 0 Å². The van der Waals surface area contributed by atoms with Gasteiger partial charge in [0.1, 0.15) is 0 Å². The Labute approximate surface area is 94.6 Å². The Hall–Kier alpha value is -0.510. The van der Waals surface area contributed by atoms with Gasteiger partial charge in [0, 0.05) is 4.90 Å². The monoisotopic (exact) mass is 224 g/mol. The molecule has 15 heavy (non-hydrogen) atoms. The van der Waals surface area contributed by atoms with Crippen molar-refractivity contribution in [3.05, 3.63) is 29.8 Å². The topological polar surface area (TPSA) is 29.5 Å². The van der Waals surface area contributed by atoms with Gasteiger partial charge >= 0.3 is 0 Å². The molecular formula is C12H16O2S. The zero-order chi connectivity index (χ0) is 10.7. The van der Waals surface area contributed by atoms with Crippen LogP contribution in [0.1, 0.15) is 12.5 Å². The van der Waals surface area contributed by atoms with Gasteiger partial charge in [-0.1, -0.05) is 18.2 Å². The van der Waals surface area contributed by atoms with Crippen molar-refractivity contribution in [2.24, 2.45) is 0 Å². The number of aliphatic hydroxyl groups is 1. The Morgan fingerprint density at radius 1 is 1.47 bits per heavy atom. The van der Waals surface area contributed by atoms with Crippen LogP contribution in [0, 0.1) is 0 Å². The summed E-state index contributed by atoms with van der Waals surface area (Å²) in [5, 5.41) is 10.00. The molecule has 1 aliphatic heterocycles. The van der Waals surface area contributed by atoms with E-state index in [0.717, 1.165) is 19.6 Å². The second-order valence-corrected chi connectivity index (χ2v) is 5.28. The van der Waals surface area contributed by atoms with Crippen molar-refractivity contribution in [1.82, 2.24) is 0 Å². The predicted molar refractivity (Wildman–Crippen MR) is 62.3 cm³/mol. The molecule has 1 aromatic carbocycles. The van der Waals surface area contributed by atoms with Gasteiger partial charge in [-0.15, -0.1) is 11.8 Å². The Morgan fingerprint density at radius 2 is 2.20 bits per heavy atom. The van der Waals surface area contributed by atoms with E-state index in [4.69, 9.17) is 4.74 Å². The van der Waals surface area contributed by atoms with Crippen LogP contribution >= 0.6 is 11.8 Å². The van der Waals surface area contributed by atoms with Crippen molar-refractivity contribution in [2.75, 3.05) is 13.2 Å². The van der Waals surface area contributed by atoms with Gasteiger partial charge < -0.3 is 9.84 Å². The molecule has 1 N–H and O–H groups in total. The van der Waals surface area contributed by atoms with Crippen LogP contribution in [0.3, 0.4) is 0 Å². The number of hydrogen-bond donors (Lipinski definition) is 1. The average molecular weight is 224 g/mol. The fraction of sp³-hybridized carbons (Fsp3) is 0.500. The van der Waals surface area contributed by atoms with Crippen LogP contribution < -0.4 is 0 Å². The van der Waals surface area contributed by atoms with E-state index < -0.39 is 0 Å². The number of thioether (sulfide) groups is 1. The molecule has 1 atom stereocenters. The molecule has 82 valence electrons. The lowest BCUT2D eigenvalue weighted by molar-refractivity contribution is 0.0455. The van der Waals surface area contributed by atoms with Crippen LogP contribution in [0.25, 0.3) is 0 Å². The van der Waals surface area contributed by atoms with Gasteiger partial charge in [0.2, 0.25) is 0 Å². The van der Waals surface area contributed by atoms with Crippen molar-refractivity contribution in [3.8, 4) is 0 Å². The quantitative estimate of drug-likeness (QED) is 0.849. The summed E-state index contributed by atoms with van der Waals surface area (Å²) in [6.07, 6.45) is 0.459. The minimum absolute atomic E-state index is 0.274. The molecular weight excluding hydrogens is 208 g/mol. The third-order valence-corrected chi connectivity index (χ3v) is 3.65. The minimum atomic E-state index is -0.274. The molecule has 0 amide bonds. The third kappa shape index (κ3) is 2.97. The fourth-order valence-corrected chi connectivity index (χ4v) is 2.71. The standard InChI is InChI=1S/C12H16O2S/c1-9(13)6-10-4-2-3-5-12(10)15-11-7-14-8-11/h2-5,9,11,13H,6-8H2,1H3. The first kappa shape index (κ1) is 11.0.